The van der Waals surface area contributed by atoms with Crippen molar-refractivity contribution >= 4 is 33.3 Å². The van der Waals surface area contributed by atoms with Gasteiger partial charge >= 0.3 is 0 Å². The fourth-order valence-electron chi connectivity index (χ4n) is 3.71. The number of nitrogens with zero attached hydrogens (tertiary/aromatic N) is 3. The van der Waals surface area contributed by atoms with E-state index in [1.807, 2.05) is 18.3 Å². The summed E-state index contributed by atoms with van der Waals surface area (Å²) < 4.78 is 3.30. The molecule has 4 rings (SSSR count). The van der Waals surface area contributed by atoms with Gasteiger partial charge in [-0.1, -0.05) is 22.0 Å². The molecule has 0 radical (unpaired) electrons. The van der Waals surface area contributed by atoms with Gasteiger partial charge in [0.25, 0.3) is 0 Å². The molecule has 0 unspecified atom stereocenters. The van der Waals surface area contributed by atoms with Crippen LogP contribution in [-0.4, -0.2) is 25.6 Å². The first kappa shape index (κ1) is 18.2. The number of hydrogen-bond acceptors (Lipinski definition) is 2. The van der Waals surface area contributed by atoms with Crippen LogP contribution in [0, 0.1) is 0 Å². The minimum absolute atomic E-state index is 0.00481. The number of pyridine rings is 1. The SMILES string of the molecule is CC(C)N1C(=S)N[C@H](c2ccccn2)[C@@H]1c1cccn1-c1ccc(Br)cc1. The summed E-state index contributed by atoms with van der Waals surface area (Å²) in [5.74, 6) is 0. The van der Waals surface area contributed by atoms with E-state index in [2.05, 4.69) is 98.2 Å². The molecule has 3 heterocycles. The summed E-state index contributed by atoms with van der Waals surface area (Å²) >= 11 is 9.21. The Bertz CT molecular complexity index is 936. The molecule has 1 N–H and O–H groups in total. The van der Waals surface area contributed by atoms with Crippen LogP contribution in [0.2, 0.25) is 0 Å². The summed E-state index contributed by atoms with van der Waals surface area (Å²) in [4.78, 5) is 6.88. The van der Waals surface area contributed by atoms with Crippen molar-refractivity contribution < 1.29 is 0 Å². The lowest BCUT2D eigenvalue weighted by Gasteiger charge is -2.31. The molecule has 0 spiro atoms. The monoisotopic (exact) mass is 440 g/mol. The van der Waals surface area contributed by atoms with E-state index >= 15 is 0 Å². The second kappa shape index (κ2) is 7.44. The van der Waals surface area contributed by atoms with E-state index in [-0.39, 0.29) is 18.1 Å². The average molecular weight is 441 g/mol. The van der Waals surface area contributed by atoms with Crippen LogP contribution < -0.4 is 5.32 Å². The molecule has 1 aromatic carbocycles. The maximum absolute atomic E-state index is 5.69. The quantitative estimate of drug-likeness (QED) is 0.577. The van der Waals surface area contributed by atoms with Crippen LogP contribution in [0.15, 0.2) is 71.5 Å². The first-order chi connectivity index (χ1) is 13.1. The molecule has 1 saturated heterocycles. The molecule has 0 saturated carbocycles. The lowest BCUT2D eigenvalue weighted by atomic mass is 10.0. The second-order valence-corrected chi connectivity index (χ2v) is 8.21. The molecule has 0 amide bonds. The highest BCUT2D eigenvalue weighted by Gasteiger charge is 2.42. The Kier molecular flexibility index (Phi) is 5.02. The van der Waals surface area contributed by atoms with E-state index in [1.54, 1.807) is 0 Å². The standard InChI is InChI=1S/C21H21BrN4S/c1-14(2)26-20(19(24-21(26)27)17-6-3-4-12-23-17)18-7-5-13-25(18)16-10-8-15(22)9-11-16/h3-14,19-20H,1-2H3,(H,24,27)/t19-,20+/m1/s1. The zero-order chi connectivity index (χ0) is 19.0. The van der Waals surface area contributed by atoms with Gasteiger partial charge < -0.3 is 14.8 Å². The molecule has 138 valence electrons. The molecule has 0 aliphatic carbocycles. The number of hydrogen-bond donors (Lipinski definition) is 1. The number of halogens is 1. The van der Waals surface area contributed by atoms with Gasteiger partial charge in [0.15, 0.2) is 5.11 Å². The molecular formula is C21H21BrN4S. The van der Waals surface area contributed by atoms with Crippen LogP contribution >= 0.6 is 28.1 Å². The van der Waals surface area contributed by atoms with E-state index in [0.717, 1.165) is 21.0 Å². The Morgan fingerprint density at radius 2 is 1.85 bits per heavy atom. The number of rotatable bonds is 4. The Morgan fingerprint density at radius 3 is 2.52 bits per heavy atom. The van der Waals surface area contributed by atoms with E-state index in [4.69, 9.17) is 12.2 Å². The highest BCUT2D eigenvalue weighted by atomic mass is 79.9. The van der Waals surface area contributed by atoms with Crippen LogP contribution in [0.4, 0.5) is 0 Å². The second-order valence-electron chi connectivity index (χ2n) is 6.91. The lowest BCUT2D eigenvalue weighted by molar-refractivity contribution is 0.262. The van der Waals surface area contributed by atoms with Gasteiger partial charge in [0.05, 0.1) is 17.8 Å². The van der Waals surface area contributed by atoms with Gasteiger partial charge in [-0.25, -0.2) is 0 Å². The van der Waals surface area contributed by atoms with Crippen molar-refractivity contribution in [2.24, 2.45) is 0 Å². The summed E-state index contributed by atoms with van der Waals surface area (Å²) in [6, 6.07) is 19.0. The number of nitrogens with one attached hydrogen (secondary N) is 1. The normalized spacial score (nSPS) is 19.6. The van der Waals surface area contributed by atoms with Gasteiger partial charge in [-0.05, 0) is 74.6 Å². The molecule has 0 bridgehead atoms. The highest BCUT2D eigenvalue weighted by molar-refractivity contribution is 9.10. The summed E-state index contributed by atoms with van der Waals surface area (Å²) in [7, 11) is 0. The zero-order valence-corrected chi connectivity index (χ0v) is 17.6. The summed E-state index contributed by atoms with van der Waals surface area (Å²) in [5, 5.41) is 4.27. The third-order valence-corrected chi connectivity index (χ3v) is 5.74. The van der Waals surface area contributed by atoms with E-state index in [9.17, 15) is 0 Å². The summed E-state index contributed by atoms with van der Waals surface area (Å²) in [6.07, 6.45) is 3.94. The van der Waals surface area contributed by atoms with E-state index in [1.165, 1.54) is 5.69 Å². The predicted molar refractivity (Wildman–Crippen MR) is 116 cm³/mol. The fourth-order valence-corrected chi connectivity index (χ4v) is 4.43. The van der Waals surface area contributed by atoms with Crippen molar-refractivity contribution in [1.82, 2.24) is 19.8 Å². The van der Waals surface area contributed by atoms with Gasteiger partial charge in [-0.2, -0.15) is 0 Å². The van der Waals surface area contributed by atoms with Crippen LogP contribution in [-0.2, 0) is 0 Å². The van der Waals surface area contributed by atoms with Crippen molar-refractivity contribution in [3.8, 4) is 5.69 Å². The van der Waals surface area contributed by atoms with Crippen LogP contribution in [0.5, 0.6) is 0 Å². The number of aromatic nitrogens is 2. The topological polar surface area (TPSA) is 33.1 Å². The molecule has 1 aliphatic rings. The molecule has 1 fully saturated rings. The first-order valence-electron chi connectivity index (χ1n) is 8.99. The van der Waals surface area contributed by atoms with Crippen molar-refractivity contribution in [1.29, 1.82) is 0 Å². The van der Waals surface area contributed by atoms with Gasteiger partial charge in [0, 0.05) is 34.3 Å². The van der Waals surface area contributed by atoms with Gasteiger partial charge in [-0.15, -0.1) is 0 Å². The third-order valence-electron chi connectivity index (χ3n) is 4.88. The van der Waals surface area contributed by atoms with Crippen LogP contribution in [0.1, 0.15) is 37.3 Å². The molecule has 3 aromatic rings. The maximum Gasteiger partial charge on any atom is 0.170 e. The number of thiocarbonyl (C=S) groups is 1. The van der Waals surface area contributed by atoms with Crippen molar-refractivity contribution in [3.05, 3.63) is 82.9 Å². The van der Waals surface area contributed by atoms with E-state index < -0.39 is 0 Å². The Labute approximate surface area is 173 Å². The first-order valence-corrected chi connectivity index (χ1v) is 10.2. The molecule has 2 atom stereocenters. The van der Waals surface area contributed by atoms with Gasteiger partial charge in [0.1, 0.15) is 0 Å². The van der Waals surface area contributed by atoms with E-state index in [0.29, 0.717) is 0 Å². The Hall–Kier alpha value is -2.18. The van der Waals surface area contributed by atoms with Gasteiger partial charge in [-0.3, -0.25) is 4.98 Å². The fraction of sp³-hybridized carbons (Fsp3) is 0.238. The Morgan fingerprint density at radius 1 is 1.07 bits per heavy atom. The lowest BCUT2D eigenvalue weighted by Crippen LogP contribution is -2.36. The molecule has 1 aliphatic heterocycles. The smallest absolute Gasteiger partial charge is 0.170 e. The summed E-state index contributed by atoms with van der Waals surface area (Å²) in [6.45, 7) is 4.35. The molecule has 6 heteroatoms. The minimum Gasteiger partial charge on any atom is -0.352 e. The number of benzene rings is 1. The van der Waals surface area contributed by atoms with Crippen LogP contribution in [0.25, 0.3) is 5.69 Å². The zero-order valence-electron chi connectivity index (χ0n) is 15.2. The van der Waals surface area contributed by atoms with Crippen molar-refractivity contribution in [3.63, 3.8) is 0 Å². The van der Waals surface area contributed by atoms with Gasteiger partial charge in [0.2, 0.25) is 0 Å². The highest BCUT2D eigenvalue weighted by Crippen LogP contribution is 2.40. The Balaban J connectivity index is 1.82. The molecular weight excluding hydrogens is 420 g/mol. The molecule has 4 nitrogen and oxygen atoms in total. The van der Waals surface area contributed by atoms with Crippen molar-refractivity contribution in [2.75, 3.05) is 0 Å². The average Bonchev–Trinajstić information content (AvgIpc) is 3.27. The summed E-state index contributed by atoms with van der Waals surface area (Å²) in [5.41, 5.74) is 3.31. The molecule has 2 aromatic heterocycles. The molecule has 27 heavy (non-hydrogen) atoms. The third kappa shape index (κ3) is 3.39. The van der Waals surface area contributed by atoms with Crippen LogP contribution in [0.3, 0.4) is 0 Å². The minimum atomic E-state index is 0.00481. The maximum atomic E-state index is 5.69. The predicted octanol–water partition coefficient (Wildman–Crippen LogP) is 5.02. The largest absolute Gasteiger partial charge is 0.352 e. The van der Waals surface area contributed by atoms with Crippen molar-refractivity contribution in [2.45, 2.75) is 32.0 Å².